The van der Waals surface area contributed by atoms with Gasteiger partial charge in [0.1, 0.15) is 0 Å². The molecule has 2 atom stereocenters. The summed E-state index contributed by atoms with van der Waals surface area (Å²) in [6, 6.07) is 7.02. The lowest BCUT2D eigenvalue weighted by molar-refractivity contribution is -0.135. The number of carbonyl (C=O) groups excluding carboxylic acids is 2. The van der Waals surface area contributed by atoms with Gasteiger partial charge in [-0.25, -0.2) is 13.1 Å². The van der Waals surface area contributed by atoms with Crippen LogP contribution in [0.2, 0.25) is 0 Å². The van der Waals surface area contributed by atoms with Crippen LogP contribution in [0.5, 0.6) is 0 Å². The summed E-state index contributed by atoms with van der Waals surface area (Å²) in [6.07, 6.45) is 0.307. The van der Waals surface area contributed by atoms with Crippen LogP contribution in [0.4, 0.5) is 0 Å². The van der Waals surface area contributed by atoms with Gasteiger partial charge in [0.2, 0.25) is 15.9 Å². The number of sulfonamides is 1. The monoisotopic (exact) mass is 310 g/mol. The zero-order valence-corrected chi connectivity index (χ0v) is 12.8. The second-order valence-electron chi connectivity index (χ2n) is 5.16. The highest BCUT2D eigenvalue weighted by Gasteiger charge is 2.38. The smallest absolute Gasteiger partial charge is 0.240 e. The van der Waals surface area contributed by atoms with E-state index in [9.17, 15) is 18.0 Å². The SMILES string of the molecule is CC(=O)C1CC(NS(=O)(=O)c2ccccc2)CN1C(C)=O. The fourth-order valence-electron chi connectivity index (χ4n) is 2.54. The number of carbonyl (C=O) groups is 2. The van der Waals surface area contributed by atoms with Crippen LogP contribution in [0, 0.1) is 0 Å². The van der Waals surface area contributed by atoms with E-state index in [4.69, 9.17) is 0 Å². The third-order valence-electron chi connectivity index (χ3n) is 3.55. The van der Waals surface area contributed by atoms with E-state index >= 15 is 0 Å². The molecular formula is C14H18N2O4S. The van der Waals surface area contributed by atoms with Crippen molar-refractivity contribution in [2.75, 3.05) is 6.54 Å². The Kier molecular flexibility index (Phi) is 4.43. The molecule has 1 aromatic carbocycles. The van der Waals surface area contributed by atoms with Gasteiger partial charge in [-0.1, -0.05) is 18.2 Å². The van der Waals surface area contributed by atoms with Crippen molar-refractivity contribution in [1.82, 2.24) is 9.62 Å². The first-order valence-corrected chi connectivity index (χ1v) is 8.14. The maximum atomic E-state index is 12.2. The molecule has 7 heteroatoms. The Labute approximate surface area is 124 Å². The molecule has 1 N–H and O–H groups in total. The molecule has 0 radical (unpaired) electrons. The highest BCUT2D eigenvalue weighted by molar-refractivity contribution is 7.89. The van der Waals surface area contributed by atoms with Gasteiger partial charge in [-0.15, -0.1) is 0 Å². The van der Waals surface area contributed by atoms with Crippen LogP contribution in [-0.2, 0) is 19.6 Å². The molecule has 1 fully saturated rings. The fraction of sp³-hybridized carbons (Fsp3) is 0.429. The first kappa shape index (κ1) is 15.7. The first-order chi connectivity index (χ1) is 9.81. The molecule has 0 saturated carbocycles. The predicted octanol–water partition coefficient (Wildman–Crippen LogP) is 0.543. The van der Waals surface area contributed by atoms with Crippen molar-refractivity contribution in [3.05, 3.63) is 30.3 Å². The van der Waals surface area contributed by atoms with Crippen LogP contribution >= 0.6 is 0 Å². The topological polar surface area (TPSA) is 83.6 Å². The average molecular weight is 310 g/mol. The number of ketones is 1. The quantitative estimate of drug-likeness (QED) is 0.880. The summed E-state index contributed by atoms with van der Waals surface area (Å²) >= 11 is 0. The standard InChI is InChI=1S/C14H18N2O4S/c1-10(17)14-8-12(9-16(14)11(2)18)15-21(19,20)13-6-4-3-5-7-13/h3-7,12,14-15H,8-9H2,1-2H3. The van der Waals surface area contributed by atoms with E-state index in [1.165, 1.54) is 30.9 Å². The van der Waals surface area contributed by atoms with Gasteiger partial charge in [-0.2, -0.15) is 0 Å². The van der Waals surface area contributed by atoms with E-state index in [1.54, 1.807) is 18.2 Å². The lowest BCUT2D eigenvalue weighted by atomic mass is 10.1. The molecule has 0 spiro atoms. The Balaban J connectivity index is 2.14. The van der Waals surface area contributed by atoms with Crippen LogP contribution in [0.3, 0.4) is 0 Å². The van der Waals surface area contributed by atoms with E-state index in [0.717, 1.165) is 0 Å². The lowest BCUT2D eigenvalue weighted by Crippen LogP contribution is -2.39. The predicted molar refractivity (Wildman–Crippen MR) is 77.0 cm³/mol. The molecule has 1 aliphatic heterocycles. The normalized spacial score (nSPS) is 22.3. The molecule has 1 amide bonds. The van der Waals surface area contributed by atoms with Crippen LogP contribution in [0.25, 0.3) is 0 Å². The van der Waals surface area contributed by atoms with Gasteiger partial charge in [-0.05, 0) is 25.5 Å². The Morgan fingerprint density at radius 3 is 2.29 bits per heavy atom. The number of rotatable bonds is 4. The molecule has 1 aromatic rings. The Bertz CT molecular complexity index is 620. The summed E-state index contributed by atoms with van der Waals surface area (Å²) in [5, 5.41) is 0. The summed E-state index contributed by atoms with van der Waals surface area (Å²) in [4.78, 5) is 24.7. The van der Waals surface area contributed by atoms with E-state index < -0.39 is 22.1 Å². The van der Waals surface area contributed by atoms with Gasteiger partial charge in [0.25, 0.3) is 0 Å². The lowest BCUT2D eigenvalue weighted by Gasteiger charge is -2.20. The van der Waals surface area contributed by atoms with Crippen LogP contribution in [0.15, 0.2) is 35.2 Å². The molecule has 114 valence electrons. The molecule has 2 unspecified atom stereocenters. The summed E-state index contributed by atoms with van der Waals surface area (Å²) in [6.45, 7) is 3.00. The number of hydrogen-bond donors (Lipinski definition) is 1. The number of nitrogens with one attached hydrogen (secondary N) is 1. The van der Waals surface area contributed by atoms with Crippen molar-refractivity contribution in [3.8, 4) is 0 Å². The van der Waals surface area contributed by atoms with Gasteiger partial charge in [0.15, 0.2) is 5.78 Å². The Hall–Kier alpha value is -1.73. The minimum Gasteiger partial charge on any atom is -0.331 e. The molecule has 0 aliphatic carbocycles. The van der Waals surface area contributed by atoms with Gasteiger partial charge >= 0.3 is 0 Å². The molecule has 0 aromatic heterocycles. The van der Waals surface area contributed by atoms with Crippen molar-refractivity contribution in [2.45, 2.75) is 37.2 Å². The number of likely N-dealkylation sites (tertiary alicyclic amines) is 1. The highest BCUT2D eigenvalue weighted by atomic mass is 32.2. The number of benzene rings is 1. The zero-order chi connectivity index (χ0) is 15.6. The van der Waals surface area contributed by atoms with E-state index in [2.05, 4.69) is 4.72 Å². The van der Waals surface area contributed by atoms with Crippen molar-refractivity contribution in [2.24, 2.45) is 0 Å². The van der Waals surface area contributed by atoms with E-state index in [-0.39, 0.29) is 23.1 Å². The molecule has 0 bridgehead atoms. The van der Waals surface area contributed by atoms with Crippen molar-refractivity contribution in [3.63, 3.8) is 0 Å². The van der Waals surface area contributed by atoms with Gasteiger partial charge in [0.05, 0.1) is 10.9 Å². The van der Waals surface area contributed by atoms with Gasteiger partial charge in [-0.3, -0.25) is 9.59 Å². The Morgan fingerprint density at radius 1 is 1.19 bits per heavy atom. The van der Waals surface area contributed by atoms with Gasteiger partial charge in [0, 0.05) is 19.5 Å². The summed E-state index contributed by atoms with van der Waals surface area (Å²) in [5.74, 6) is -0.358. The first-order valence-electron chi connectivity index (χ1n) is 6.66. The van der Waals surface area contributed by atoms with Crippen LogP contribution < -0.4 is 4.72 Å². The van der Waals surface area contributed by atoms with Crippen molar-refractivity contribution < 1.29 is 18.0 Å². The largest absolute Gasteiger partial charge is 0.331 e. The molecule has 6 nitrogen and oxygen atoms in total. The minimum absolute atomic E-state index is 0.133. The van der Waals surface area contributed by atoms with Crippen LogP contribution in [-0.4, -0.2) is 43.6 Å². The third-order valence-corrected chi connectivity index (χ3v) is 5.09. The second-order valence-corrected chi connectivity index (χ2v) is 6.88. The maximum Gasteiger partial charge on any atom is 0.240 e. The van der Waals surface area contributed by atoms with Gasteiger partial charge < -0.3 is 4.90 Å². The second kappa shape index (κ2) is 5.95. The maximum absolute atomic E-state index is 12.2. The molecule has 21 heavy (non-hydrogen) atoms. The minimum atomic E-state index is -3.64. The van der Waals surface area contributed by atoms with Crippen molar-refractivity contribution in [1.29, 1.82) is 0 Å². The molecule has 1 saturated heterocycles. The summed E-state index contributed by atoms with van der Waals surface area (Å²) in [5.41, 5.74) is 0. The number of nitrogens with zero attached hydrogens (tertiary/aromatic N) is 1. The average Bonchev–Trinajstić information content (AvgIpc) is 2.83. The summed E-state index contributed by atoms with van der Waals surface area (Å²) in [7, 11) is -3.64. The highest BCUT2D eigenvalue weighted by Crippen LogP contribution is 2.21. The molecular weight excluding hydrogens is 292 g/mol. The summed E-state index contributed by atoms with van der Waals surface area (Å²) < 4.78 is 27.1. The Morgan fingerprint density at radius 2 is 1.81 bits per heavy atom. The zero-order valence-electron chi connectivity index (χ0n) is 11.9. The van der Waals surface area contributed by atoms with E-state index in [1.807, 2.05) is 0 Å². The third kappa shape index (κ3) is 3.48. The number of amides is 1. The number of Topliss-reactive ketones (excluding diaryl/α,β-unsaturated/α-hetero) is 1. The molecule has 1 heterocycles. The fourth-order valence-corrected chi connectivity index (χ4v) is 3.80. The number of hydrogen-bond acceptors (Lipinski definition) is 4. The van der Waals surface area contributed by atoms with Crippen LogP contribution in [0.1, 0.15) is 20.3 Å². The molecule has 1 aliphatic rings. The molecule has 2 rings (SSSR count). The van der Waals surface area contributed by atoms with E-state index in [0.29, 0.717) is 6.42 Å². The van der Waals surface area contributed by atoms with Crippen molar-refractivity contribution >= 4 is 21.7 Å².